The maximum atomic E-state index is 13.9. The number of hydrogen-bond donors (Lipinski definition) is 2. The lowest BCUT2D eigenvalue weighted by Crippen LogP contribution is -2.59. The molecule has 264 valence electrons. The van der Waals surface area contributed by atoms with Crippen LogP contribution in [0.25, 0.3) is 22.2 Å². The number of nitrogens with two attached hydrogens (primary N) is 1. The van der Waals surface area contributed by atoms with Crippen molar-refractivity contribution in [1.82, 2.24) is 34.4 Å². The van der Waals surface area contributed by atoms with E-state index in [2.05, 4.69) is 45.0 Å². The minimum atomic E-state index is -0.499. The first kappa shape index (κ1) is 34.2. The smallest absolute Gasteiger partial charge is 0.264 e. The first-order valence-corrected chi connectivity index (χ1v) is 17.3. The molecule has 14 heteroatoms. The number of likely N-dealkylation sites (tertiary alicyclic amines) is 1. The number of nitrogen functional groups attached to an aromatic ring is 1. The zero-order valence-corrected chi connectivity index (χ0v) is 28.8. The Hall–Kier alpha value is -5.23. The van der Waals surface area contributed by atoms with Gasteiger partial charge in [-0.25, -0.2) is 14.4 Å². The van der Waals surface area contributed by atoms with Crippen LogP contribution in [0.3, 0.4) is 0 Å². The number of amides is 2. The molecule has 3 aliphatic heterocycles. The first-order chi connectivity index (χ1) is 24.6. The zero-order chi connectivity index (χ0) is 35.7. The predicted molar refractivity (Wildman–Crippen MR) is 190 cm³/mol. The highest BCUT2D eigenvalue weighted by Crippen LogP contribution is 2.35. The lowest BCUT2D eigenvalue weighted by atomic mass is 9.96. The van der Waals surface area contributed by atoms with Crippen LogP contribution in [0.4, 0.5) is 16.0 Å². The van der Waals surface area contributed by atoms with Gasteiger partial charge < -0.3 is 20.7 Å². The Labute approximate surface area is 295 Å². The van der Waals surface area contributed by atoms with Gasteiger partial charge in [-0.1, -0.05) is 12.1 Å². The van der Waals surface area contributed by atoms with Crippen LogP contribution < -0.4 is 11.1 Å². The molecule has 3 fully saturated rings. The second kappa shape index (κ2) is 14.2. The Kier molecular flexibility index (Phi) is 9.52. The van der Waals surface area contributed by atoms with Crippen LogP contribution in [0.1, 0.15) is 43.1 Å². The van der Waals surface area contributed by atoms with E-state index in [1.54, 1.807) is 35.4 Å². The molecule has 51 heavy (non-hydrogen) atoms. The summed E-state index contributed by atoms with van der Waals surface area (Å²) in [5, 5.41) is 18.5. The number of carbonyl (C=O) groups is 2. The molecular weight excluding hydrogens is 651 g/mol. The normalized spacial score (nSPS) is 19.5. The fourth-order valence-corrected chi connectivity index (χ4v) is 7.23. The lowest BCUT2D eigenvalue weighted by molar-refractivity contribution is -0.128. The molecule has 1 atom stereocenters. The number of carbonyl (C=O) groups excluding carboxylic acids is 2. The van der Waals surface area contributed by atoms with Gasteiger partial charge in [-0.15, -0.1) is 0 Å². The number of piperazine rings is 1. The number of aromatic nitrogens is 4. The first-order valence-electron chi connectivity index (χ1n) is 17.3. The zero-order valence-electron chi connectivity index (χ0n) is 28.8. The van der Waals surface area contributed by atoms with Crippen LogP contribution in [-0.4, -0.2) is 110 Å². The van der Waals surface area contributed by atoms with Crippen LogP contribution in [0, 0.1) is 17.1 Å². The Morgan fingerprint density at radius 3 is 2.47 bits per heavy atom. The summed E-state index contributed by atoms with van der Waals surface area (Å²) in [7, 11) is 0. The van der Waals surface area contributed by atoms with Crippen LogP contribution in [0.15, 0.2) is 66.5 Å². The summed E-state index contributed by atoms with van der Waals surface area (Å²) in [5.74, 6) is -0.779. The van der Waals surface area contributed by atoms with E-state index in [0.29, 0.717) is 41.6 Å². The number of anilines is 2. The van der Waals surface area contributed by atoms with E-state index in [1.165, 1.54) is 12.3 Å². The van der Waals surface area contributed by atoms with E-state index in [-0.39, 0.29) is 23.3 Å². The maximum absolute atomic E-state index is 13.9. The Morgan fingerprint density at radius 2 is 1.78 bits per heavy atom. The van der Waals surface area contributed by atoms with Gasteiger partial charge in [0, 0.05) is 74.4 Å². The molecule has 0 radical (unpaired) electrons. The molecule has 1 aromatic carbocycles. The van der Waals surface area contributed by atoms with Crippen molar-refractivity contribution in [3.63, 3.8) is 0 Å². The number of ether oxygens (including phenoxy) is 1. The van der Waals surface area contributed by atoms with Gasteiger partial charge in [0.05, 0.1) is 36.2 Å². The molecule has 3 aromatic heterocycles. The maximum Gasteiger partial charge on any atom is 0.264 e. The Bertz CT molecular complexity index is 2010. The molecule has 2 amide bonds. The van der Waals surface area contributed by atoms with Gasteiger partial charge >= 0.3 is 0 Å². The van der Waals surface area contributed by atoms with Crippen molar-refractivity contribution in [3.05, 3.63) is 77.9 Å². The Balaban J connectivity index is 1.08. The fourth-order valence-electron chi connectivity index (χ4n) is 7.23. The molecular formula is C37H41FN10O3. The van der Waals surface area contributed by atoms with E-state index in [1.807, 2.05) is 16.8 Å². The average Bonchev–Trinajstić information content (AvgIpc) is 3.51. The van der Waals surface area contributed by atoms with E-state index in [9.17, 15) is 19.2 Å². The van der Waals surface area contributed by atoms with Crippen LogP contribution >= 0.6 is 0 Å². The molecule has 3 saturated heterocycles. The number of nitrogens with one attached hydrogen (secondary N) is 1. The third kappa shape index (κ3) is 7.05. The highest BCUT2D eigenvalue weighted by atomic mass is 19.1. The van der Waals surface area contributed by atoms with Gasteiger partial charge in [-0.05, 0) is 57.0 Å². The number of rotatable bonds is 8. The largest absolute Gasteiger partial charge is 0.383 e. The SMILES string of the molecule is CC(C)(/C=C(\C#N)C(=O)N1CCC[C@@H](n2nc(-c3ccc(C(=O)Nc4cc(F)ccn4)cc3)c3c(N)nccc32)C1)N1CCN(C2COC2)CC1. The molecule has 7 rings (SSSR count). The summed E-state index contributed by atoms with van der Waals surface area (Å²) in [6, 6.07) is 13.6. The molecule has 13 nitrogen and oxygen atoms in total. The molecule has 4 aromatic rings. The van der Waals surface area contributed by atoms with Crippen LogP contribution in [-0.2, 0) is 9.53 Å². The van der Waals surface area contributed by atoms with Crippen molar-refractivity contribution in [3.8, 4) is 17.3 Å². The van der Waals surface area contributed by atoms with Crippen molar-refractivity contribution >= 4 is 34.4 Å². The molecule has 0 saturated carbocycles. The topological polar surface area (TPSA) is 159 Å². The van der Waals surface area contributed by atoms with Gasteiger partial charge in [0.15, 0.2) is 0 Å². The summed E-state index contributed by atoms with van der Waals surface area (Å²) in [5.41, 5.74) is 8.55. The van der Waals surface area contributed by atoms with Gasteiger partial charge in [0.2, 0.25) is 0 Å². The minimum Gasteiger partial charge on any atom is -0.383 e. The standard InChI is InChI=1S/C37H41FN10O3/c1-37(2,47-16-14-45(15-17-47)29-22-51-23-29)19-26(20-39)36(50)46-13-3-4-28(21-46)48-30-10-12-42-34(40)32(30)33(44-48)24-5-7-25(8-6-24)35(49)43-31-18-27(38)9-11-41-31/h5-12,18-19,28-29H,3-4,13-17,21-23H2,1-2H3,(H2,40,42)(H,41,43,49)/b26-19+/t28-/m1/s1. The van der Waals surface area contributed by atoms with Gasteiger partial charge in [0.25, 0.3) is 11.8 Å². The third-order valence-electron chi connectivity index (χ3n) is 10.2. The fraction of sp³-hybridized carbons (Fsp3) is 0.405. The van der Waals surface area contributed by atoms with Gasteiger partial charge in [-0.2, -0.15) is 10.4 Å². The minimum absolute atomic E-state index is 0.113. The van der Waals surface area contributed by atoms with Crippen molar-refractivity contribution in [1.29, 1.82) is 5.26 Å². The summed E-state index contributed by atoms with van der Waals surface area (Å²) in [4.78, 5) is 41.6. The summed E-state index contributed by atoms with van der Waals surface area (Å²) < 4.78 is 20.9. The van der Waals surface area contributed by atoms with E-state index >= 15 is 0 Å². The van der Waals surface area contributed by atoms with Crippen LogP contribution in [0.5, 0.6) is 0 Å². The van der Waals surface area contributed by atoms with E-state index < -0.39 is 17.3 Å². The summed E-state index contributed by atoms with van der Waals surface area (Å²) in [6.07, 6.45) is 6.27. The number of nitrogens with zero attached hydrogens (tertiary/aromatic N) is 8. The van der Waals surface area contributed by atoms with Gasteiger partial charge in [-0.3, -0.25) is 24.1 Å². The number of nitriles is 1. The van der Waals surface area contributed by atoms with Gasteiger partial charge in [0.1, 0.15) is 34.8 Å². The monoisotopic (exact) mass is 692 g/mol. The van der Waals surface area contributed by atoms with E-state index in [4.69, 9.17) is 15.6 Å². The molecule has 0 unspecified atom stereocenters. The molecule has 0 aliphatic carbocycles. The molecule has 3 aliphatic rings. The highest BCUT2D eigenvalue weighted by Gasteiger charge is 2.35. The van der Waals surface area contributed by atoms with Crippen LogP contribution in [0.2, 0.25) is 0 Å². The number of benzene rings is 1. The molecule has 0 spiro atoms. The second-order valence-electron chi connectivity index (χ2n) is 13.9. The number of pyridine rings is 2. The second-order valence-corrected chi connectivity index (χ2v) is 13.9. The lowest BCUT2D eigenvalue weighted by Gasteiger charge is -2.46. The quantitative estimate of drug-likeness (QED) is 0.205. The van der Waals surface area contributed by atoms with Crippen molar-refractivity contribution in [2.24, 2.45) is 0 Å². The highest BCUT2D eigenvalue weighted by molar-refractivity contribution is 6.05. The van der Waals surface area contributed by atoms with Crippen molar-refractivity contribution in [2.45, 2.75) is 44.3 Å². The summed E-state index contributed by atoms with van der Waals surface area (Å²) >= 11 is 0. The third-order valence-corrected chi connectivity index (χ3v) is 10.2. The average molecular weight is 693 g/mol. The number of halogens is 1. The van der Waals surface area contributed by atoms with Crippen molar-refractivity contribution in [2.75, 3.05) is 63.5 Å². The van der Waals surface area contributed by atoms with Crippen molar-refractivity contribution < 1.29 is 18.7 Å². The number of hydrogen-bond acceptors (Lipinski definition) is 10. The Morgan fingerprint density at radius 1 is 1.04 bits per heavy atom. The molecule has 3 N–H and O–H groups in total. The predicted octanol–water partition coefficient (Wildman–Crippen LogP) is 3.88. The summed E-state index contributed by atoms with van der Waals surface area (Å²) in [6.45, 7) is 10.2. The number of piperidine rings is 1. The molecule has 6 heterocycles. The number of fused-ring (bicyclic) bond motifs is 1. The molecule has 0 bridgehead atoms. The van der Waals surface area contributed by atoms with E-state index in [0.717, 1.165) is 69.4 Å².